The van der Waals surface area contributed by atoms with Gasteiger partial charge in [-0.25, -0.2) is 4.39 Å². The van der Waals surface area contributed by atoms with Crippen LogP contribution in [0.5, 0.6) is 0 Å². The first-order valence-corrected chi connectivity index (χ1v) is 8.19. The predicted molar refractivity (Wildman–Crippen MR) is 91.6 cm³/mol. The van der Waals surface area contributed by atoms with Crippen molar-refractivity contribution in [1.29, 1.82) is 0 Å². The van der Waals surface area contributed by atoms with E-state index in [0.717, 1.165) is 42.4 Å². The molecule has 0 aliphatic carbocycles. The van der Waals surface area contributed by atoms with E-state index in [1.807, 2.05) is 32.3 Å². The monoisotopic (exact) mass is 327 g/mol. The molecular formula is C20H22FNO2. The van der Waals surface area contributed by atoms with Crippen LogP contribution in [0.4, 0.5) is 4.39 Å². The fourth-order valence-electron chi connectivity index (χ4n) is 3.48. The summed E-state index contributed by atoms with van der Waals surface area (Å²) in [5.74, 6) is -0.262. The summed E-state index contributed by atoms with van der Waals surface area (Å²) < 4.78 is 19.6. The second-order valence-corrected chi connectivity index (χ2v) is 6.52. The largest absolute Gasteiger partial charge is 0.361 e. The molecule has 0 saturated carbocycles. The van der Waals surface area contributed by atoms with Gasteiger partial charge >= 0.3 is 0 Å². The summed E-state index contributed by atoms with van der Waals surface area (Å²) in [4.78, 5) is 13.5. The SMILES string of the molecule is CN(C)CCCC1(c2ccc(F)cc2)OCc2c(C=O)cccc21. The molecule has 126 valence electrons. The third kappa shape index (κ3) is 2.99. The number of carbonyl (C=O) groups is 1. The van der Waals surface area contributed by atoms with Gasteiger partial charge in [-0.2, -0.15) is 0 Å². The first-order chi connectivity index (χ1) is 11.6. The quantitative estimate of drug-likeness (QED) is 0.757. The molecule has 0 saturated heterocycles. The van der Waals surface area contributed by atoms with Gasteiger partial charge in [-0.15, -0.1) is 0 Å². The summed E-state index contributed by atoms with van der Waals surface area (Å²) in [6.45, 7) is 1.35. The molecule has 3 nitrogen and oxygen atoms in total. The highest BCUT2D eigenvalue weighted by atomic mass is 19.1. The van der Waals surface area contributed by atoms with E-state index in [-0.39, 0.29) is 5.82 Å². The molecule has 2 aromatic carbocycles. The lowest BCUT2D eigenvalue weighted by Crippen LogP contribution is -2.28. The molecule has 4 heteroatoms. The maximum Gasteiger partial charge on any atom is 0.150 e. The molecule has 0 spiro atoms. The van der Waals surface area contributed by atoms with Gasteiger partial charge in [-0.1, -0.05) is 30.3 Å². The second kappa shape index (κ2) is 6.83. The maximum absolute atomic E-state index is 13.4. The van der Waals surface area contributed by atoms with Gasteiger partial charge < -0.3 is 9.64 Å². The molecule has 0 aromatic heterocycles. The highest BCUT2D eigenvalue weighted by Gasteiger charge is 2.42. The average molecular weight is 327 g/mol. The summed E-state index contributed by atoms with van der Waals surface area (Å²) >= 11 is 0. The smallest absolute Gasteiger partial charge is 0.150 e. The normalized spacial score (nSPS) is 19.5. The Morgan fingerprint density at radius 2 is 1.96 bits per heavy atom. The van der Waals surface area contributed by atoms with Gasteiger partial charge in [0.05, 0.1) is 6.61 Å². The Kier molecular flexibility index (Phi) is 4.78. The van der Waals surface area contributed by atoms with E-state index in [9.17, 15) is 9.18 Å². The number of fused-ring (bicyclic) bond motifs is 1. The van der Waals surface area contributed by atoms with Crippen LogP contribution in [0.15, 0.2) is 42.5 Å². The zero-order valence-corrected chi connectivity index (χ0v) is 14.1. The number of hydrogen-bond acceptors (Lipinski definition) is 3. The van der Waals surface area contributed by atoms with Crippen molar-refractivity contribution >= 4 is 6.29 Å². The van der Waals surface area contributed by atoms with Crippen molar-refractivity contribution in [3.8, 4) is 0 Å². The summed E-state index contributed by atoms with van der Waals surface area (Å²) in [7, 11) is 4.08. The van der Waals surface area contributed by atoms with Crippen molar-refractivity contribution in [2.45, 2.75) is 25.0 Å². The van der Waals surface area contributed by atoms with E-state index in [0.29, 0.717) is 12.2 Å². The van der Waals surface area contributed by atoms with Crippen molar-refractivity contribution in [3.63, 3.8) is 0 Å². The Morgan fingerprint density at radius 1 is 1.21 bits per heavy atom. The van der Waals surface area contributed by atoms with Gasteiger partial charge in [0.1, 0.15) is 17.7 Å². The number of rotatable bonds is 6. The Balaban J connectivity index is 2.05. The van der Waals surface area contributed by atoms with Crippen LogP contribution in [-0.2, 0) is 16.9 Å². The van der Waals surface area contributed by atoms with Gasteiger partial charge in [0, 0.05) is 5.56 Å². The lowest BCUT2D eigenvalue weighted by Gasteiger charge is -2.31. The molecule has 0 fully saturated rings. The number of benzene rings is 2. The van der Waals surface area contributed by atoms with Crippen LogP contribution in [-0.4, -0.2) is 31.8 Å². The molecule has 1 aliphatic rings. The molecular weight excluding hydrogens is 305 g/mol. The van der Waals surface area contributed by atoms with E-state index in [1.165, 1.54) is 12.1 Å². The van der Waals surface area contributed by atoms with Crippen LogP contribution in [0.2, 0.25) is 0 Å². The van der Waals surface area contributed by atoms with Crippen LogP contribution < -0.4 is 0 Å². The first kappa shape index (κ1) is 16.8. The molecule has 2 aromatic rings. The predicted octanol–water partition coefficient (Wildman–Crippen LogP) is 3.75. The summed E-state index contributed by atoms with van der Waals surface area (Å²) in [5.41, 5.74) is 2.96. The van der Waals surface area contributed by atoms with E-state index < -0.39 is 5.60 Å². The summed E-state index contributed by atoms with van der Waals surface area (Å²) in [6, 6.07) is 12.2. The fraction of sp³-hybridized carbons (Fsp3) is 0.350. The molecule has 1 heterocycles. The Hall–Kier alpha value is -2.04. The Labute approximate surface area is 142 Å². The lowest BCUT2D eigenvalue weighted by molar-refractivity contribution is -0.0140. The molecule has 1 aliphatic heterocycles. The third-order valence-corrected chi connectivity index (χ3v) is 4.68. The average Bonchev–Trinajstić information content (AvgIpc) is 2.95. The molecule has 1 unspecified atom stereocenters. The highest BCUT2D eigenvalue weighted by Crippen LogP contribution is 2.46. The molecule has 1 atom stereocenters. The minimum atomic E-state index is -0.613. The minimum absolute atomic E-state index is 0.262. The van der Waals surface area contributed by atoms with Gasteiger partial charge in [0.25, 0.3) is 0 Å². The minimum Gasteiger partial charge on any atom is -0.361 e. The van der Waals surface area contributed by atoms with Gasteiger partial charge in [0.2, 0.25) is 0 Å². The molecule has 0 bridgehead atoms. The topological polar surface area (TPSA) is 29.5 Å². The Morgan fingerprint density at radius 3 is 2.62 bits per heavy atom. The van der Waals surface area contributed by atoms with Crippen molar-refractivity contribution in [3.05, 3.63) is 70.5 Å². The Bertz CT molecular complexity index is 727. The van der Waals surface area contributed by atoms with Crippen LogP contribution in [0, 0.1) is 5.82 Å². The maximum atomic E-state index is 13.4. The lowest BCUT2D eigenvalue weighted by atomic mass is 9.81. The van der Waals surface area contributed by atoms with Crippen LogP contribution in [0.3, 0.4) is 0 Å². The molecule has 0 radical (unpaired) electrons. The van der Waals surface area contributed by atoms with Crippen LogP contribution >= 0.6 is 0 Å². The number of hydrogen-bond donors (Lipinski definition) is 0. The van der Waals surface area contributed by atoms with Crippen molar-refractivity contribution in [2.75, 3.05) is 20.6 Å². The van der Waals surface area contributed by atoms with Crippen molar-refractivity contribution < 1.29 is 13.9 Å². The van der Waals surface area contributed by atoms with E-state index in [2.05, 4.69) is 4.90 Å². The number of halogens is 1. The van der Waals surface area contributed by atoms with Crippen LogP contribution in [0.25, 0.3) is 0 Å². The van der Waals surface area contributed by atoms with E-state index in [1.54, 1.807) is 12.1 Å². The molecule has 0 amide bonds. The van der Waals surface area contributed by atoms with Crippen molar-refractivity contribution in [2.24, 2.45) is 0 Å². The standard InChI is InChI=1S/C20H22FNO2/c1-22(2)12-4-11-20(16-7-9-17(21)10-8-16)19-6-3-5-15(13-23)18(19)14-24-20/h3,5-10,13H,4,11-12,14H2,1-2H3. The number of ether oxygens (including phenoxy) is 1. The van der Waals surface area contributed by atoms with E-state index in [4.69, 9.17) is 4.74 Å². The fourth-order valence-corrected chi connectivity index (χ4v) is 3.48. The molecule has 3 rings (SSSR count). The van der Waals surface area contributed by atoms with Gasteiger partial charge in [-0.05, 0) is 62.3 Å². The van der Waals surface area contributed by atoms with Crippen molar-refractivity contribution in [1.82, 2.24) is 4.90 Å². The van der Waals surface area contributed by atoms with Gasteiger partial charge in [0.15, 0.2) is 0 Å². The van der Waals surface area contributed by atoms with Gasteiger partial charge in [-0.3, -0.25) is 4.79 Å². The number of nitrogens with zero attached hydrogens (tertiary/aromatic N) is 1. The third-order valence-electron chi connectivity index (χ3n) is 4.68. The molecule has 0 N–H and O–H groups in total. The summed E-state index contributed by atoms with van der Waals surface area (Å²) in [6.07, 6.45) is 2.60. The first-order valence-electron chi connectivity index (χ1n) is 8.19. The highest BCUT2D eigenvalue weighted by molar-refractivity contribution is 5.78. The van der Waals surface area contributed by atoms with Crippen LogP contribution in [0.1, 0.15) is 39.9 Å². The molecule has 24 heavy (non-hydrogen) atoms. The number of carbonyl (C=O) groups excluding carboxylic acids is 1. The summed E-state index contributed by atoms with van der Waals surface area (Å²) in [5, 5.41) is 0. The van der Waals surface area contributed by atoms with E-state index >= 15 is 0 Å². The second-order valence-electron chi connectivity index (χ2n) is 6.52. The zero-order valence-electron chi connectivity index (χ0n) is 14.1. The zero-order chi connectivity index (χ0) is 17.2. The number of aldehydes is 1.